The van der Waals surface area contributed by atoms with Gasteiger partial charge in [0.05, 0.1) is 0 Å². The molecule has 6 aliphatic rings. The predicted octanol–water partition coefficient (Wildman–Crippen LogP) is 7.04. The first-order valence-corrected chi connectivity index (χ1v) is 12.9. The van der Waals surface area contributed by atoms with Crippen LogP contribution in [0.15, 0.2) is 93.6 Å². The molecule has 6 rings (SSSR count). The number of fused-ring (bicyclic) bond motifs is 2. The summed E-state index contributed by atoms with van der Waals surface area (Å²) in [6, 6.07) is 0. The van der Waals surface area contributed by atoms with Gasteiger partial charge in [-0.2, -0.15) is 0 Å². The van der Waals surface area contributed by atoms with E-state index in [2.05, 4.69) is 54.7 Å². The monoisotopic (exact) mass is 421 g/mol. The molecule has 0 amide bonds. The number of hydrogen-bond donors (Lipinski definition) is 1. The maximum absolute atomic E-state index is 10.2. The van der Waals surface area contributed by atoms with E-state index in [1.54, 1.807) is 16.7 Å². The van der Waals surface area contributed by atoms with E-state index in [9.17, 15) is 5.02 Å². The quantitative estimate of drug-likeness (QED) is 0.485. The van der Waals surface area contributed by atoms with Gasteiger partial charge in [-0.25, -0.2) is 0 Å². The zero-order chi connectivity index (χ0) is 21.5. The van der Waals surface area contributed by atoms with Crippen molar-refractivity contribution < 1.29 is 5.02 Å². The molecule has 163 valence electrons. The highest BCUT2D eigenvalue weighted by atomic mass is 16.2. The summed E-state index contributed by atoms with van der Waals surface area (Å²) in [5.74, 6) is 2.28. The predicted molar refractivity (Wildman–Crippen MR) is 134 cm³/mol. The first-order chi connectivity index (χ1) is 15.8. The van der Waals surface area contributed by atoms with Crippen LogP contribution in [0, 0.1) is 23.7 Å². The normalized spacial score (nSPS) is 33.7. The van der Waals surface area contributed by atoms with E-state index < -0.39 is 0 Å². The Morgan fingerprint density at radius 1 is 0.781 bits per heavy atom. The fraction of sp³-hybridized carbons (Fsp3) is 0.467. The Bertz CT molecular complexity index is 1040. The lowest BCUT2D eigenvalue weighted by atomic mass is 9.58. The number of allylic oxidation sites excluding steroid dienone is 16. The SMILES string of the molecule is O[B]C1=C2C=CCCC2C(C2=CC(C3=C4CCCCC4CC=C3)CC=C2)C2=C1C=CCC2. The molecule has 1 saturated carbocycles. The minimum absolute atomic E-state index is 0.456. The maximum atomic E-state index is 10.2. The highest BCUT2D eigenvalue weighted by molar-refractivity contribution is 6.39. The van der Waals surface area contributed by atoms with Gasteiger partial charge in [-0.1, -0.05) is 72.3 Å². The first-order valence-electron chi connectivity index (χ1n) is 12.9. The minimum atomic E-state index is 0.456. The van der Waals surface area contributed by atoms with Crippen molar-refractivity contribution in [3.05, 3.63) is 93.6 Å². The maximum Gasteiger partial charge on any atom is 0.327 e. The summed E-state index contributed by atoms with van der Waals surface area (Å²) >= 11 is 0. The molecule has 0 aromatic carbocycles. The van der Waals surface area contributed by atoms with Gasteiger partial charge < -0.3 is 5.02 Å². The molecule has 1 N–H and O–H groups in total. The van der Waals surface area contributed by atoms with Gasteiger partial charge in [0.2, 0.25) is 0 Å². The van der Waals surface area contributed by atoms with Crippen molar-refractivity contribution in [2.75, 3.05) is 0 Å². The van der Waals surface area contributed by atoms with Crippen molar-refractivity contribution in [2.45, 2.75) is 64.2 Å². The summed E-state index contributed by atoms with van der Waals surface area (Å²) in [5.41, 5.74) is 10.2. The fourth-order valence-electron chi connectivity index (χ4n) is 7.33. The topological polar surface area (TPSA) is 20.2 Å². The average molecular weight is 421 g/mol. The smallest absolute Gasteiger partial charge is 0.327 e. The Morgan fingerprint density at radius 3 is 2.59 bits per heavy atom. The molecule has 2 heteroatoms. The molecular weight excluding hydrogens is 387 g/mol. The van der Waals surface area contributed by atoms with Crippen LogP contribution >= 0.6 is 0 Å². The van der Waals surface area contributed by atoms with E-state index in [4.69, 9.17) is 0 Å². The highest BCUT2D eigenvalue weighted by Gasteiger charge is 2.39. The molecule has 32 heavy (non-hydrogen) atoms. The van der Waals surface area contributed by atoms with E-state index in [0.717, 1.165) is 37.1 Å². The lowest BCUT2D eigenvalue weighted by molar-refractivity contribution is 0.431. The Hall–Kier alpha value is -2.06. The third-order valence-electron chi connectivity index (χ3n) is 8.74. The van der Waals surface area contributed by atoms with Crippen molar-refractivity contribution in [3.8, 4) is 0 Å². The van der Waals surface area contributed by atoms with Crippen molar-refractivity contribution >= 4 is 7.48 Å². The van der Waals surface area contributed by atoms with Crippen LogP contribution in [0.25, 0.3) is 0 Å². The standard InChI is InChI=1S/C30H34BO/c32-31-30-27-16-5-3-14-25(27)29(26-15-4-6-17-28(26)30)22-12-7-11-21(19-22)24-18-8-10-20-9-1-2-13-23(20)24/h5-8,12,16-21,25,29,32H,1-4,9-11,13-15H2. The van der Waals surface area contributed by atoms with Crippen LogP contribution in [0.3, 0.4) is 0 Å². The van der Waals surface area contributed by atoms with Crippen LogP contribution in [0.4, 0.5) is 0 Å². The molecule has 0 spiro atoms. The molecule has 6 aliphatic carbocycles. The van der Waals surface area contributed by atoms with E-state index in [0.29, 0.717) is 17.8 Å². The van der Waals surface area contributed by atoms with Crippen molar-refractivity contribution in [1.29, 1.82) is 0 Å². The molecule has 0 aliphatic heterocycles. The summed E-state index contributed by atoms with van der Waals surface area (Å²) in [7, 11) is 1.37. The van der Waals surface area contributed by atoms with Crippen LogP contribution < -0.4 is 0 Å². The molecule has 1 radical (unpaired) electrons. The van der Waals surface area contributed by atoms with Crippen LogP contribution in [-0.2, 0) is 0 Å². The average Bonchev–Trinajstić information content (AvgIpc) is 2.87. The summed E-state index contributed by atoms with van der Waals surface area (Å²) in [6.07, 6.45) is 34.0. The molecule has 4 unspecified atom stereocenters. The zero-order valence-corrected chi connectivity index (χ0v) is 19.1. The second-order valence-electron chi connectivity index (χ2n) is 10.4. The second kappa shape index (κ2) is 8.71. The van der Waals surface area contributed by atoms with Gasteiger partial charge in [-0.15, -0.1) is 0 Å². The van der Waals surface area contributed by atoms with Gasteiger partial charge in [0.15, 0.2) is 0 Å². The Kier molecular flexibility index (Phi) is 5.59. The molecule has 0 aromatic rings. The lowest BCUT2D eigenvalue weighted by Gasteiger charge is -2.42. The molecule has 0 aromatic heterocycles. The van der Waals surface area contributed by atoms with Crippen molar-refractivity contribution in [2.24, 2.45) is 23.7 Å². The zero-order valence-electron chi connectivity index (χ0n) is 19.1. The Balaban J connectivity index is 1.42. The van der Waals surface area contributed by atoms with Crippen molar-refractivity contribution in [1.82, 2.24) is 0 Å². The van der Waals surface area contributed by atoms with Gasteiger partial charge in [0.1, 0.15) is 0 Å². The highest BCUT2D eigenvalue weighted by Crippen LogP contribution is 2.51. The van der Waals surface area contributed by atoms with Crippen LogP contribution in [-0.4, -0.2) is 12.5 Å². The van der Waals surface area contributed by atoms with Crippen molar-refractivity contribution in [3.63, 3.8) is 0 Å². The first kappa shape index (κ1) is 20.5. The van der Waals surface area contributed by atoms with Crippen LogP contribution in [0.1, 0.15) is 64.2 Å². The summed E-state index contributed by atoms with van der Waals surface area (Å²) in [5, 5.41) is 10.2. The van der Waals surface area contributed by atoms with E-state index in [1.165, 1.54) is 62.7 Å². The van der Waals surface area contributed by atoms with Gasteiger partial charge in [0, 0.05) is 11.8 Å². The second-order valence-corrected chi connectivity index (χ2v) is 10.4. The summed E-state index contributed by atoms with van der Waals surface area (Å²) in [6.45, 7) is 0. The van der Waals surface area contributed by atoms with Crippen LogP contribution in [0.2, 0.25) is 0 Å². The van der Waals surface area contributed by atoms with E-state index >= 15 is 0 Å². The van der Waals surface area contributed by atoms with E-state index in [1.807, 2.05) is 0 Å². The summed E-state index contributed by atoms with van der Waals surface area (Å²) < 4.78 is 0. The fourth-order valence-corrected chi connectivity index (χ4v) is 7.33. The molecule has 1 nitrogen and oxygen atoms in total. The van der Waals surface area contributed by atoms with Crippen LogP contribution in [0.5, 0.6) is 0 Å². The summed E-state index contributed by atoms with van der Waals surface area (Å²) in [4.78, 5) is 0. The molecule has 4 atom stereocenters. The Labute approximate surface area is 194 Å². The molecule has 0 heterocycles. The third kappa shape index (κ3) is 3.43. The minimum Gasteiger partial charge on any atom is -0.450 e. The third-order valence-corrected chi connectivity index (χ3v) is 8.74. The van der Waals surface area contributed by atoms with Gasteiger partial charge in [0.25, 0.3) is 0 Å². The van der Waals surface area contributed by atoms with E-state index in [-0.39, 0.29) is 0 Å². The molecule has 0 bridgehead atoms. The number of hydrogen-bond acceptors (Lipinski definition) is 1. The largest absolute Gasteiger partial charge is 0.450 e. The van der Waals surface area contributed by atoms with Gasteiger partial charge >= 0.3 is 7.48 Å². The Morgan fingerprint density at radius 2 is 1.66 bits per heavy atom. The molecule has 1 fully saturated rings. The van der Waals surface area contributed by atoms with Gasteiger partial charge in [-0.05, 0) is 97.4 Å². The number of rotatable bonds is 3. The molecular formula is C30H34BO. The van der Waals surface area contributed by atoms with Gasteiger partial charge in [-0.3, -0.25) is 0 Å². The lowest BCUT2D eigenvalue weighted by Crippen LogP contribution is -2.31. The molecule has 0 saturated heterocycles.